The van der Waals surface area contributed by atoms with Gasteiger partial charge in [0, 0.05) is 6.04 Å². The first-order chi connectivity index (χ1) is 12.4. The summed E-state index contributed by atoms with van der Waals surface area (Å²) in [4.78, 5) is 23.4. The molecule has 0 saturated carbocycles. The monoisotopic (exact) mass is 387 g/mol. The van der Waals surface area contributed by atoms with Gasteiger partial charge in [-0.25, -0.2) is 4.79 Å². The van der Waals surface area contributed by atoms with Gasteiger partial charge in [0.2, 0.25) is 0 Å². The van der Waals surface area contributed by atoms with Crippen LogP contribution in [0.2, 0.25) is 0 Å². The highest BCUT2D eigenvalue weighted by molar-refractivity contribution is 5.73. The van der Waals surface area contributed by atoms with Crippen molar-refractivity contribution in [3.63, 3.8) is 0 Å². The number of halogens is 3. The Bertz CT molecular complexity index is 661. The molecule has 0 aliphatic carbocycles. The van der Waals surface area contributed by atoms with Gasteiger partial charge in [-0.2, -0.15) is 13.2 Å². The number of hydrogen-bond acceptors (Lipinski definition) is 4. The molecule has 0 aliphatic heterocycles. The van der Waals surface area contributed by atoms with Crippen molar-refractivity contribution in [2.75, 3.05) is 7.11 Å². The minimum Gasteiger partial charge on any atom is -0.469 e. The molecule has 0 radical (unpaired) electrons. The molecule has 8 heteroatoms. The number of benzene rings is 1. The lowest BCUT2D eigenvalue weighted by atomic mass is 10.1. The maximum absolute atomic E-state index is 12.6. The second-order valence-electron chi connectivity index (χ2n) is 6.88. The molecule has 0 aromatic heterocycles. The van der Waals surface area contributed by atoms with Gasteiger partial charge >= 0.3 is 18.2 Å². The summed E-state index contributed by atoms with van der Waals surface area (Å²) >= 11 is 0. The summed E-state index contributed by atoms with van der Waals surface area (Å²) in [6.07, 6.45) is -1.57. The van der Waals surface area contributed by atoms with E-state index in [1.54, 1.807) is 32.9 Å². The van der Waals surface area contributed by atoms with E-state index in [4.69, 9.17) is 4.74 Å². The fourth-order valence-electron chi connectivity index (χ4n) is 2.10. The Morgan fingerprint density at radius 1 is 1.15 bits per heavy atom. The topological polar surface area (TPSA) is 64.6 Å². The van der Waals surface area contributed by atoms with Crippen molar-refractivity contribution in [3.8, 4) is 0 Å². The van der Waals surface area contributed by atoms with Crippen LogP contribution in [0.25, 0.3) is 6.08 Å². The molecular weight excluding hydrogens is 363 g/mol. The number of ether oxygens (including phenoxy) is 2. The lowest BCUT2D eigenvalue weighted by molar-refractivity contribution is -0.141. The predicted molar refractivity (Wildman–Crippen MR) is 94.9 cm³/mol. The summed E-state index contributed by atoms with van der Waals surface area (Å²) in [5, 5.41) is 2.59. The Morgan fingerprint density at radius 3 is 2.22 bits per heavy atom. The molecule has 27 heavy (non-hydrogen) atoms. The third kappa shape index (κ3) is 9.12. The molecule has 1 rings (SSSR count). The van der Waals surface area contributed by atoms with Gasteiger partial charge < -0.3 is 14.8 Å². The summed E-state index contributed by atoms with van der Waals surface area (Å²) < 4.78 is 47.4. The summed E-state index contributed by atoms with van der Waals surface area (Å²) in [7, 11) is 1.24. The molecule has 1 aromatic carbocycles. The van der Waals surface area contributed by atoms with Gasteiger partial charge in [-0.1, -0.05) is 24.3 Å². The van der Waals surface area contributed by atoms with Crippen molar-refractivity contribution >= 4 is 18.1 Å². The van der Waals surface area contributed by atoms with Crippen LogP contribution >= 0.6 is 0 Å². The van der Waals surface area contributed by atoms with Crippen LogP contribution in [0, 0.1) is 0 Å². The summed E-state index contributed by atoms with van der Waals surface area (Å²) in [5.74, 6) is -0.501. The van der Waals surface area contributed by atoms with E-state index in [0.29, 0.717) is 5.56 Å². The third-order valence-corrected chi connectivity index (χ3v) is 3.33. The Kier molecular flexibility index (Phi) is 7.87. The van der Waals surface area contributed by atoms with E-state index >= 15 is 0 Å². The van der Waals surface area contributed by atoms with Crippen LogP contribution in [-0.4, -0.2) is 30.8 Å². The van der Waals surface area contributed by atoms with Crippen LogP contribution in [-0.2, 0) is 20.4 Å². The molecule has 0 spiro atoms. The van der Waals surface area contributed by atoms with E-state index in [9.17, 15) is 22.8 Å². The lowest BCUT2D eigenvalue weighted by Gasteiger charge is -2.22. The number of alkyl halides is 3. The quantitative estimate of drug-likeness (QED) is 0.727. The first kappa shape index (κ1) is 22.5. The van der Waals surface area contributed by atoms with Gasteiger partial charge in [0.05, 0.1) is 19.1 Å². The number of esters is 1. The first-order valence-corrected chi connectivity index (χ1v) is 8.31. The Balaban J connectivity index is 2.73. The summed E-state index contributed by atoms with van der Waals surface area (Å²) in [6.45, 7) is 5.14. The van der Waals surface area contributed by atoms with E-state index in [2.05, 4.69) is 10.1 Å². The molecule has 150 valence electrons. The minimum atomic E-state index is -4.38. The van der Waals surface area contributed by atoms with Gasteiger partial charge in [-0.15, -0.1) is 0 Å². The SMILES string of the molecule is COC(=O)CC(C/C=C/c1ccc(C(F)(F)F)cc1)NC(=O)OC(C)(C)C. The standard InChI is InChI=1S/C19H24F3NO4/c1-18(2,3)27-17(25)23-15(12-16(24)26-4)7-5-6-13-8-10-14(11-9-13)19(20,21)22/h5-6,8-11,15H,7,12H2,1-4H3,(H,23,25)/b6-5+. The number of carbonyl (C=O) groups excluding carboxylic acids is 2. The van der Waals surface area contributed by atoms with E-state index in [-0.39, 0.29) is 12.8 Å². The molecule has 1 amide bonds. The number of rotatable bonds is 6. The molecular formula is C19H24F3NO4. The predicted octanol–water partition coefficient (Wildman–Crippen LogP) is 4.57. The maximum Gasteiger partial charge on any atom is 0.416 e. The fourth-order valence-corrected chi connectivity index (χ4v) is 2.10. The summed E-state index contributed by atoms with van der Waals surface area (Å²) in [6, 6.07) is 4.10. The number of carbonyl (C=O) groups is 2. The molecule has 1 N–H and O–H groups in total. The molecule has 1 unspecified atom stereocenters. The molecule has 1 aromatic rings. The van der Waals surface area contributed by atoms with Crippen molar-refractivity contribution in [2.24, 2.45) is 0 Å². The lowest BCUT2D eigenvalue weighted by Crippen LogP contribution is -2.40. The number of nitrogens with one attached hydrogen (secondary N) is 1. The molecule has 1 atom stereocenters. The Morgan fingerprint density at radius 2 is 1.74 bits per heavy atom. The van der Waals surface area contributed by atoms with E-state index < -0.39 is 35.4 Å². The van der Waals surface area contributed by atoms with Crippen LogP contribution < -0.4 is 5.32 Å². The fraction of sp³-hybridized carbons (Fsp3) is 0.474. The van der Waals surface area contributed by atoms with Gasteiger partial charge in [-0.05, 0) is 44.9 Å². The van der Waals surface area contributed by atoms with Crippen LogP contribution in [0.5, 0.6) is 0 Å². The van der Waals surface area contributed by atoms with Crippen molar-refractivity contribution in [3.05, 3.63) is 41.5 Å². The van der Waals surface area contributed by atoms with Crippen LogP contribution in [0.3, 0.4) is 0 Å². The van der Waals surface area contributed by atoms with Gasteiger partial charge in [0.25, 0.3) is 0 Å². The average molecular weight is 387 g/mol. The minimum absolute atomic E-state index is 0.0624. The van der Waals surface area contributed by atoms with Crippen LogP contribution in [0.4, 0.5) is 18.0 Å². The highest BCUT2D eigenvalue weighted by atomic mass is 19.4. The largest absolute Gasteiger partial charge is 0.469 e. The van der Waals surface area contributed by atoms with Crippen molar-refractivity contribution in [1.29, 1.82) is 0 Å². The molecule has 0 fully saturated rings. The van der Waals surface area contributed by atoms with Crippen molar-refractivity contribution in [2.45, 2.75) is 51.4 Å². The molecule has 0 heterocycles. The molecule has 0 bridgehead atoms. The zero-order chi connectivity index (χ0) is 20.7. The van der Waals surface area contributed by atoms with E-state index in [0.717, 1.165) is 12.1 Å². The van der Waals surface area contributed by atoms with Crippen molar-refractivity contribution in [1.82, 2.24) is 5.32 Å². The number of methoxy groups -OCH3 is 1. The first-order valence-electron chi connectivity index (χ1n) is 8.31. The van der Waals surface area contributed by atoms with Gasteiger partial charge in [0.1, 0.15) is 5.60 Å². The molecule has 0 saturated heterocycles. The van der Waals surface area contributed by atoms with Crippen LogP contribution in [0.15, 0.2) is 30.3 Å². The van der Waals surface area contributed by atoms with Gasteiger partial charge in [-0.3, -0.25) is 4.79 Å². The number of amides is 1. The molecule has 0 aliphatic rings. The van der Waals surface area contributed by atoms with Crippen molar-refractivity contribution < 1.29 is 32.2 Å². The highest BCUT2D eigenvalue weighted by Crippen LogP contribution is 2.29. The molecule has 5 nitrogen and oxygen atoms in total. The Hall–Kier alpha value is -2.51. The Labute approximate surface area is 156 Å². The third-order valence-electron chi connectivity index (χ3n) is 3.33. The number of hydrogen-bond donors (Lipinski definition) is 1. The summed E-state index contributed by atoms with van der Waals surface area (Å²) in [5.41, 5.74) is -0.845. The smallest absolute Gasteiger partial charge is 0.416 e. The number of alkyl carbamates (subject to hydrolysis) is 1. The second kappa shape index (κ2) is 9.43. The maximum atomic E-state index is 12.6. The van der Waals surface area contributed by atoms with Crippen LogP contribution in [0.1, 0.15) is 44.7 Å². The highest BCUT2D eigenvalue weighted by Gasteiger charge is 2.29. The normalized spacial score (nSPS) is 13.3. The second-order valence-corrected chi connectivity index (χ2v) is 6.88. The average Bonchev–Trinajstić information content (AvgIpc) is 2.52. The van der Waals surface area contributed by atoms with E-state index in [1.807, 2.05) is 0 Å². The zero-order valence-electron chi connectivity index (χ0n) is 15.7. The zero-order valence-corrected chi connectivity index (χ0v) is 15.7. The van der Waals surface area contributed by atoms with E-state index in [1.165, 1.54) is 19.2 Å². The van der Waals surface area contributed by atoms with Gasteiger partial charge in [0.15, 0.2) is 0 Å².